The predicted octanol–water partition coefficient (Wildman–Crippen LogP) is 5.59. The van der Waals surface area contributed by atoms with Crippen molar-refractivity contribution in [2.45, 2.75) is 58.9 Å². The quantitative estimate of drug-likeness (QED) is 0.533. The number of aryl methyl sites for hydroxylation is 1. The van der Waals surface area contributed by atoms with Gasteiger partial charge >= 0.3 is 0 Å². The van der Waals surface area contributed by atoms with Gasteiger partial charge in [0, 0.05) is 13.1 Å². The van der Waals surface area contributed by atoms with Gasteiger partial charge in [-0.05, 0) is 30.5 Å². The van der Waals surface area contributed by atoms with Crippen LogP contribution in [0.25, 0.3) is 0 Å². The molecule has 1 heterocycles. The lowest BCUT2D eigenvalue weighted by molar-refractivity contribution is 0.0739. The molecule has 2 aromatic rings. The van der Waals surface area contributed by atoms with E-state index in [9.17, 15) is 4.79 Å². The van der Waals surface area contributed by atoms with E-state index in [-0.39, 0.29) is 5.91 Å². The molecule has 24 heavy (non-hydrogen) atoms. The Morgan fingerprint density at radius 2 is 1.79 bits per heavy atom. The van der Waals surface area contributed by atoms with Crippen molar-refractivity contribution in [2.24, 2.45) is 0 Å². The van der Waals surface area contributed by atoms with E-state index < -0.39 is 0 Å². The molecule has 130 valence electrons. The minimum Gasteiger partial charge on any atom is -0.472 e. The fraction of sp³-hybridized carbons (Fsp3) is 0.476. The molecule has 0 bridgehead atoms. The molecule has 0 radical (unpaired) electrons. The van der Waals surface area contributed by atoms with Gasteiger partial charge in [0.05, 0.1) is 11.8 Å². The van der Waals surface area contributed by atoms with E-state index in [1.54, 1.807) is 12.3 Å². The lowest BCUT2D eigenvalue weighted by Gasteiger charge is -2.23. The summed E-state index contributed by atoms with van der Waals surface area (Å²) >= 11 is 0. The molecule has 0 saturated carbocycles. The van der Waals surface area contributed by atoms with E-state index in [2.05, 4.69) is 26.0 Å². The average molecular weight is 327 g/mol. The second kappa shape index (κ2) is 9.96. The largest absolute Gasteiger partial charge is 0.472 e. The van der Waals surface area contributed by atoms with E-state index in [0.717, 1.165) is 13.0 Å². The third-order valence-electron chi connectivity index (χ3n) is 4.46. The minimum absolute atomic E-state index is 0.0561. The first-order valence-electron chi connectivity index (χ1n) is 9.08. The van der Waals surface area contributed by atoms with Gasteiger partial charge in [0.1, 0.15) is 6.26 Å². The molecule has 0 aliphatic carbocycles. The van der Waals surface area contributed by atoms with Crippen LogP contribution in [0.3, 0.4) is 0 Å². The van der Waals surface area contributed by atoms with E-state index in [4.69, 9.17) is 4.42 Å². The maximum Gasteiger partial charge on any atom is 0.257 e. The van der Waals surface area contributed by atoms with Crippen LogP contribution in [0.2, 0.25) is 0 Å². The molecule has 3 heteroatoms. The summed E-state index contributed by atoms with van der Waals surface area (Å²) in [6, 6.07) is 10.0. The Hall–Kier alpha value is -2.03. The van der Waals surface area contributed by atoms with Crippen LogP contribution in [0.15, 0.2) is 47.3 Å². The van der Waals surface area contributed by atoms with Crippen molar-refractivity contribution in [1.82, 2.24) is 4.90 Å². The Morgan fingerprint density at radius 3 is 2.50 bits per heavy atom. The number of hydrogen-bond acceptors (Lipinski definition) is 2. The average Bonchev–Trinajstić information content (AvgIpc) is 3.12. The van der Waals surface area contributed by atoms with Gasteiger partial charge in [-0.25, -0.2) is 0 Å². The van der Waals surface area contributed by atoms with Crippen molar-refractivity contribution >= 4 is 5.91 Å². The minimum atomic E-state index is 0.0561. The zero-order valence-corrected chi connectivity index (χ0v) is 15.0. The van der Waals surface area contributed by atoms with Crippen molar-refractivity contribution in [2.75, 3.05) is 6.54 Å². The highest BCUT2D eigenvalue weighted by Crippen LogP contribution is 2.15. The monoisotopic (exact) mass is 327 g/mol. The lowest BCUT2D eigenvalue weighted by Crippen LogP contribution is -2.31. The van der Waals surface area contributed by atoms with Gasteiger partial charge in [0.25, 0.3) is 5.91 Å². The molecule has 0 saturated heterocycles. The van der Waals surface area contributed by atoms with Crippen LogP contribution in [0.4, 0.5) is 0 Å². The first-order valence-corrected chi connectivity index (χ1v) is 9.08. The molecule has 0 spiro atoms. The lowest BCUT2D eigenvalue weighted by atomic mass is 10.1. The maximum absolute atomic E-state index is 12.8. The number of amides is 1. The van der Waals surface area contributed by atoms with Crippen LogP contribution < -0.4 is 0 Å². The topological polar surface area (TPSA) is 33.5 Å². The number of benzene rings is 1. The number of carbonyl (C=O) groups is 1. The van der Waals surface area contributed by atoms with Crippen molar-refractivity contribution in [3.63, 3.8) is 0 Å². The zero-order valence-electron chi connectivity index (χ0n) is 15.0. The summed E-state index contributed by atoms with van der Waals surface area (Å²) < 4.78 is 5.08. The van der Waals surface area contributed by atoms with Crippen LogP contribution in [-0.4, -0.2) is 17.4 Å². The first kappa shape index (κ1) is 18.3. The van der Waals surface area contributed by atoms with Gasteiger partial charge in [-0.2, -0.15) is 0 Å². The third-order valence-corrected chi connectivity index (χ3v) is 4.46. The highest BCUT2D eigenvalue weighted by Gasteiger charge is 2.17. The third kappa shape index (κ3) is 5.55. The van der Waals surface area contributed by atoms with Gasteiger partial charge in [-0.3, -0.25) is 4.79 Å². The Morgan fingerprint density at radius 1 is 1.04 bits per heavy atom. The van der Waals surface area contributed by atoms with Crippen LogP contribution in [-0.2, 0) is 6.54 Å². The van der Waals surface area contributed by atoms with E-state index >= 15 is 0 Å². The van der Waals surface area contributed by atoms with Crippen LogP contribution in [0.1, 0.15) is 66.9 Å². The molecule has 0 aliphatic heterocycles. The molecular formula is C21H29NO2. The highest BCUT2D eigenvalue weighted by atomic mass is 16.3. The van der Waals surface area contributed by atoms with Crippen molar-refractivity contribution in [1.29, 1.82) is 0 Å². The van der Waals surface area contributed by atoms with Gasteiger partial charge in [0.2, 0.25) is 0 Å². The first-order chi connectivity index (χ1) is 11.7. The summed E-state index contributed by atoms with van der Waals surface area (Å²) in [5.41, 5.74) is 3.07. The Balaban J connectivity index is 1.96. The van der Waals surface area contributed by atoms with E-state index in [1.807, 2.05) is 17.0 Å². The SMILES string of the molecule is CCCCCCCCN(Cc1ccccc1C)C(=O)c1ccoc1. The van der Waals surface area contributed by atoms with Gasteiger partial charge < -0.3 is 9.32 Å². The molecule has 1 aromatic heterocycles. The highest BCUT2D eigenvalue weighted by molar-refractivity contribution is 5.93. The second-order valence-corrected chi connectivity index (χ2v) is 6.43. The van der Waals surface area contributed by atoms with E-state index in [0.29, 0.717) is 12.1 Å². The normalized spacial score (nSPS) is 10.8. The molecule has 0 aliphatic rings. The molecule has 3 nitrogen and oxygen atoms in total. The summed E-state index contributed by atoms with van der Waals surface area (Å²) in [5, 5.41) is 0. The van der Waals surface area contributed by atoms with Crippen LogP contribution >= 0.6 is 0 Å². The predicted molar refractivity (Wildman–Crippen MR) is 98.0 cm³/mol. The molecule has 1 amide bonds. The molecule has 0 unspecified atom stereocenters. The number of nitrogens with zero attached hydrogens (tertiary/aromatic N) is 1. The molecule has 0 fully saturated rings. The maximum atomic E-state index is 12.8. The van der Waals surface area contributed by atoms with Gasteiger partial charge in [0.15, 0.2) is 0 Å². The number of carbonyl (C=O) groups excluding carboxylic acids is 1. The van der Waals surface area contributed by atoms with Crippen molar-refractivity contribution < 1.29 is 9.21 Å². The number of hydrogen-bond donors (Lipinski definition) is 0. The van der Waals surface area contributed by atoms with Gasteiger partial charge in [-0.1, -0.05) is 63.3 Å². The van der Waals surface area contributed by atoms with Crippen LogP contribution in [0.5, 0.6) is 0 Å². The standard InChI is InChI=1S/C21H29NO2/c1-3-4-5-6-7-10-14-22(21(23)20-13-15-24-17-20)16-19-12-9-8-11-18(19)2/h8-9,11-13,15,17H,3-7,10,14,16H2,1-2H3. The van der Waals surface area contributed by atoms with Gasteiger partial charge in [-0.15, -0.1) is 0 Å². The molecule has 1 aromatic carbocycles. The zero-order chi connectivity index (χ0) is 17.2. The molecule has 2 rings (SSSR count). The molecule has 0 N–H and O–H groups in total. The summed E-state index contributed by atoms with van der Waals surface area (Å²) in [6.45, 7) is 5.78. The molecule has 0 atom stereocenters. The van der Waals surface area contributed by atoms with E-state index in [1.165, 1.54) is 49.5 Å². The fourth-order valence-corrected chi connectivity index (χ4v) is 2.90. The Bertz CT molecular complexity index is 604. The van der Waals surface area contributed by atoms with Crippen molar-refractivity contribution in [3.8, 4) is 0 Å². The summed E-state index contributed by atoms with van der Waals surface area (Å²) in [4.78, 5) is 14.7. The smallest absolute Gasteiger partial charge is 0.257 e. The van der Waals surface area contributed by atoms with Crippen molar-refractivity contribution in [3.05, 3.63) is 59.5 Å². The number of unbranched alkanes of at least 4 members (excludes halogenated alkanes) is 5. The second-order valence-electron chi connectivity index (χ2n) is 6.43. The molecular weight excluding hydrogens is 298 g/mol. The Kier molecular flexibility index (Phi) is 7.60. The summed E-state index contributed by atoms with van der Waals surface area (Å²) in [5.74, 6) is 0.0561. The summed E-state index contributed by atoms with van der Waals surface area (Å²) in [7, 11) is 0. The Labute approximate surface area is 145 Å². The fourth-order valence-electron chi connectivity index (χ4n) is 2.90. The summed E-state index contributed by atoms with van der Waals surface area (Å²) in [6.07, 6.45) is 10.5. The number of rotatable bonds is 10. The number of furan rings is 1. The van der Waals surface area contributed by atoms with Crippen LogP contribution in [0, 0.1) is 6.92 Å².